The molecule has 5 aromatic rings. The highest BCUT2D eigenvalue weighted by Crippen LogP contribution is 2.37. The van der Waals surface area contributed by atoms with Crippen LogP contribution in [0.1, 0.15) is 22.5 Å². The maximum atomic E-state index is 6.42. The Balaban J connectivity index is 1.61. The van der Waals surface area contributed by atoms with Crippen molar-refractivity contribution in [2.75, 3.05) is 4.90 Å². The van der Waals surface area contributed by atoms with Crippen LogP contribution in [0.25, 0.3) is 11.0 Å². The minimum absolute atomic E-state index is 0.769. The number of rotatable bonds is 7. The van der Waals surface area contributed by atoms with Crippen molar-refractivity contribution in [3.05, 3.63) is 138 Å². The summed E-state index contributed by atoms with van der Waals surface area (Å²) in [5, 5.41) is 1.17. The van der Waals surface area contributed by atoms with Crippen LogP contribution in [0.15, 0.2) is 120 Å². The number of furan rings is 1. The van der Waals surface area contributed by atoms with Crippen molar-refractivity contribution in [1.82, 2.24) is 0 Å². The Labute approximate surface area is 183 Å². The van der Waals surface area contributed by atoms with Crippen molar-refractivity contribution in [1.29, 1.82) is 0 Å². The van der Waals surface area contributed by atoms with Gasteiger partial charge in [-0.3, -0.25) is 0 Å². The zero-order chi connectivity index (χ0) is 20.9. The Kier molecular flexibility index (Phi) is 5.53. The van der Waals surface area contributed by atoms with Crippen LogP contribution in [-0.2, 0) is 19.5 Å². The first kappa shape index (κ1) is 19.2. The number of para-hydroxylation sites is 1. The molecule has 0 bridgehead atoms. The molecule has 5 rings (SSSR count). The van der Waals surface area contributed by atoms with Gasteiger partial charge in [-0.15, -0.1) is 0 Å². The summed E-state index contributed by atoms with van der Waals surface area (Å²) < 4.78 is 6.42. The lowest BCUT2D eigenvalue weighted by Crippen LogP contribution is -2.23. The highest BCUT2D eigenvalue weighted by Gasteiger charge is 2.21. The zero-order valence-corrected chi connectivity index (χ0v) is 17.4. The third kappa shape index (κ3) is 4.39. The predicted molar refractivity (Wildman–Crippen MR) is 128 cm³/mol. The first-order valence-electron chi connectivity index (χ1n) is 10.7. The molecule has 0 fully saturated rings. The van der Waals surface area contributed by atoms with E-state index in [1.807, 2.05) is 6.07 Å². The maximum Gasteiger partial charge on any atom is 0.136 e. The molecule has 0 atom stereocenters. The first-order valence-corrected chi connectivity index (χ1v) is 10.7. The number of nitrogens with zero attached hydrogens (tertiary/aromatic N) is 1. The molecule has 0 radical (unpaired) electrons. The summed E-state index contributed by atoms with van der Waals surface area (Å²) in [6, 6.07) is 40.3. The second-order valence-electron chi connectivity index (χ2n) is 7.86. The van der Waals surface area contributed by atoms with Crippen LogP contribution < -0.4 is 4.90 Å². The fraction of sp³-hybridized carbons (Fsp3) is 0.103. The first-order chi connectivity index (χ1) is 15.4. The third-order valence-electron chi connectivity index (χ3n) is 5.60. The fourth-order valence-corrected chi connectivity index (χ4v) is 4.15. The number of anilines is 1. The lowest BCUT2D eigenvalue weighted by Gasteiger charge is -2.25. The summed E-state index contributed by atoms with van der Waals surface area (Å²) in [5.41, 5.74) is 5.95. The van der Waals surface area contributed by atoms with Gasteiger partial charge in [-0.1, -0.05) is 103 Å². The Bertz CT molecular complexity index is 1200. The molecule has 0 amide bonds. The Morgan fingerprint density at radius 1 is 0.516 bits per heavy atom. The molecule has 31 heavy (non-hydrogen) atoms. The molecule has 0 aliphatic heterocycles. The fourth-order valence-electron chi connectivity index (χ4n) is 4.15. The molecule has 0 unspecified atom stereocenters. The largest absolute Gasteiger partial charge is 0.458 e. The highest BCUT2D eigenvalue weighted by molar-refractivity contribution is 5.93. The number of hydrogen-bond donors (Lipinski definition) is 0. The van der Waals surface area contributed by atoms with Crippen LogP contribution in [0.3, 0.4) is 0 Å². The summed E-state index contributed by atoms with van der Waals surface area (Å²) in [6.07, 6.45) is 0.769. The van der Waals surface area contributed by atoms with Gasteiger partial charge in [0.25, 0.3) is 0 Å². The number of hydrogen-bond acceptors (Lipinski definition) is 2. The van der Waals surface area contributed by atoms with Gasteiger partial charge in [0.15, 0.2) is 0 Å². The van der Waals surface area contributed by atoms with Gasteiger partial charge in [0.2, 0.25) is 0 Å². The number of benzene rings is 4. The van der Waals surface area contributed by atoms with E-state index in [2.05, 4.69) is 114 Å². The highest BCUT2D eigenvalue weighted by atomic mass is 16.3. The minimum atomic E-state index is 0.769. The van der Waals surface area contributed by atoms with E-state index in [1.54, 1.807) is 0 Å². The molecular weight excluding hydrogens is 378 g/mol. The van der Waals surface area contributed by atoms with Crippen LogP contribution in [0, 0.1) is 0 Å². The van der Waals surface area contributed by atoms with Gasteiger partial charge < -0.3 is 9.32 Å². The average Bonchev–Trinajstić information content (AvgIpc) is 3.18. The van der Waals surface area contributed by atoms with Crippen LogP contribution in [0.5, 0.6) is 0 Å². The van der Waals surface area contributed by atoms with E-state index in [0.717, 1.165) is 30.9 Å². The van der Waals surface area contributed by atoms with Crippen molar-refractivity contribution in [2.45, 2.75) is 19.5 Å². The molecule has 0 saturated heterocycles. The molecule has 1 aromatic heterocycles. The van der Waals surface area contributed by atoms with Gasteiger partial charge in [-0.25, -0.2) is 0 Å². The monoisotopic (exact) mass is 403 g/mol. The summed E-state index contributed by atoms with van der Waals surface area (Å²) >= 11 is 0. The van der Waals surface area contributed by atoms with Crippen LogP contribution in [0.2, 0.25) is 0 Å². The Morgan fingerprint density at radius 2 is 1.00 bits per heavy atom. The summed E-state index contributed by atoms with van der Waals surface area (Å²) in [6.45, 7) is 1.64. The molecular formula is C29H25NO. The number of fused-ring (bicyclic) bond motifs is 1. The molecule has 0 N–H and O–H groups in total. The van der Waals surface area contributed by atoms with E-state index in [9.17, 15) is 0 Å². The van der Waals surface area contributed by atoms with Crippen molar-refractivity contribution in [3.63, 3.8) is 0 Å². The summed E-state index contributed by atoms with van der Waals surface area (Å²) in [4.78, 5) is 2.45. The third-order valence-corrected chi connectivity index (χ3v) is 5.60. The Hall–Kier alpha value is -3.78. The maximum absolute atomic E-state index is 6.42. The van der Waals surface area contributed by atoms with Crippen LogP contribution in [0.4, 0.5) is 5.69 Å². The van der Waals surface area contributed by atoms with Gasteiger partial charge >= 0.3 is 0 Å². The van der Waals surface area contributed by atoms with E-state index < -0.39 is 0 Å². The molecule has 0 aliphatic carbocycles. The lowest BCUT2D eigenvalue weighted by atomic mass is 10.1. The van der Waals surface area contributed by atoms with Gasteiger partial charge in [0.05, 0.1) is 5.69 Å². The molecule has 0 spiro atoms. The lowest BCUT2D eigenvalue weighted by molar-refractivity contribution is 0.559. The van der Waals surface area contributed by atoms with Crippen LogP contribution in [-0.4, -0.2) is 0 Å². The van der Waals surface area contributed by atoms with Gasteiger partial charge in [-0.2, -0.15) is 0 Å². The molecule has 4 aromatic carbocycles. The van der Waals surface area contributed by atoms with E-state index in [0.29, 0.717) is 0 Å². The van der Waals surface area contributed by atoms with Crippen molar-refractivity contribution < 1.29 is 4.42 Å². The molecule has 0 aliphatic rings. The van der Waals surface area contributed by atoms with E-state index in [-0.39, 0.29) is 0 Å². The van der Waals surface area contributed by atoms with Gasteiger partial charge in [0, 0.05) is 24.9 Å². The zero-order valence-electron chi connectivity index (χ0n) is 17.4. The molecule has 2 nitrogen and oxygen atoms in total. The quantitative estimate of drug-likeness (QED) is 0.285. The predicted octanol–water partition coefficient (Wildman–Crippen LogP) is 7.23. The Morgan fingerprint density at radius 3 is 1.58 bits per heavy atom. The van der Waals surface area contributed by atoms with E-state index in [4.69, 9.17) is 4.42 Å². The van der Waals surface area contributed by atoms with Crippen molar-refractivity contribution in [2.24, 2.45) is 0 Å². The summed E-state index contributed by atoms with van der Waals surface area (Å²) in [5.74, 6) is 1.01. The molecule has 2 heteroatoms. The second kappa shape index (κ2) is 8.93. The topological polar surface area (TPSA) is 16.4 Å². The second-order valence-corrected chi connectivity index (χ2v) is 7.86. The minimum Gasteiger partial charge on any atom is -0.458 e. The van der Waals surface area contributed by atoms with E-state index >= 15 is 0 Å². The van der Waals surface area contributed by atoms with Gasteiger partial charge in [0.1, 0.15) is 11.3 Å². The molecule has 0 saturated carbocycles. The molecule has 152 valence electrons. The van der Waals surface area contributed by atoms with Crippen LogP contribution >= 0.6 is 0 Å². The van der Waals surface area contributed by atoms with Crippen molar-refractivity contribution in [3.8, 4) is 0 Å². The molecule has 1 heterocycles. The normalized spacial score (nSPS) is 11.0. The summed E-state index contributed by atoms with van der Waals surface area (Å²) in [7, 11) is 0. The average molecular weight is 404 g/mol. The SMILES string of the molecule is c1ccc(Cc2oc3ccccc3c2N(Cc2ccccc2)Cc2ccccc2)cc1. The standard InChI is InChI=1S/C29H25NO/c1-4-12-23(13-5-1)20-28-29(26-18-10-11-19-27(26)31-28)30(21-24-14-6-2-7-15-24)22-25-16-8-3-9-17-25/h1-19H,20-22H2. The van der Waals surface area contributed by atoms with Gasteiger partial charge in [-0.05, 0) is 28.8 Å². The smallest absolute Gasteiger partial charge is 0.136 e. The van der Waals surface area contributed by atoms with Crippen molar-refractivity contribution >= 4 is 16.7 Å². The van der Waals surface area contributed by atoms with E-state index in [1.165, 1.54) is 27.8 Å².